The molecule has 2 aromatic carbocycles. The van der Waals surface area contributed by atoms with Crippen molar-refractivity contribution in [1.82, 2.24) is 4.90 Å². The number of rotatable bonds is 5. The molecule has 0 bridgehead atoms. The number of hydrogen-bond donors (Lipinski definition) is 0. The van der Waals surface area contributed by atoms with Gasteiger partial charge in [-0.15, -0.1) is 11.8 Å². The summed E-state index contributed by atoms with van der Waals surface area (Å²) in [6.07, 6.45) is 3.89. The van der Waals surface area contributed by atoms with Crippen molar-refractivity contribution in [3.8, 4) is 0 Å². The zero-order valence-corrected chi connectivity index (χ0v) is 16.5. The second-order valence-corrected chi connectivity index (χ2v) is 8.02. The van der Waals surface area contributed by atoms with Crippen molar-refractivity contribution in [2.45, 2.75) is 30.1 Å². The molecular weight excluding hydrogens is 358 g/mol. The van der Waals surface area contributed by atoms with Gasteiger partial charge in [-0.2, -0.15) is 0 Å². The third kappa shape index (κ3) is 4.27. The summed E-state index contributed by atoms with van der Waals surface area (Å²) in [6, 6.07) is 15.8. The first-order valence-corrected chi connectivity index (χ1v) is 10.7. The second kappa shape index (κ2) is 8.15. The van der Waals surface area contributed by atoms with Crippen LogP contribution in [0.3, 0.4) is 0 Å². The Balaban J connectivity index is 1.35. The number of nitrogens with zero attached hydrogens (tertiary/aromatic N) is 1. The topological polar surface area (TPSA) is 38.8 Å². The van der Waals surface area contributed by atoms with Crippen molar-refractivity contribution in [2.75, 3.05) is 32.6 Å². The summed E-state index contributed by atoms with van der Waals surface area (Å²) in [5, 5.41) is 0. The van der Waals surface area contributed by atoms with Crippen LogP contribution in [0.25, 0.3) is 0 Å². The number of carbonyl (C=O) groups excluding carboxylic acids is 1. The number of ether oxygens (including phenoxy) is 2. The van der Waals surface area contributed by atoms with Crippen LogP contribution >= 0.6 is 11.8 Å². The van der Waals surface area contributed by atoms with Gasteiger partial charge in [0.05, 0.1) is 13.2 Å². The number of hydrogen-bond acceptors (Lipinski definition) is 5. The first-order valence-electron chi connectivity index (χ1n) is 9.45. The predicted octanol–water partition coefficient (Wildman–Crippen LogP) is 3.98. The van der Waals surface area contributed by atoms with Crippen LogP contribution in [0.5, 0.6) is 0 Å². The molecule has 0 N–H and O–H groups in total. The van der Waals surface area contributed by atoms with E-state index in [1.807, 2.05) is 42.7 Å². The average molecular weight is 384 g/mol. The molecule has 2 aromatic rings. The molecule has 0 aromatic heterocycles. The highest BCUT2D eigenvalue weighted by Gasteiger charge is 2.39. The molecule has 4 nitrogen and oxygen atoms in total. The number of likely N-dealkylation sites (tertiary alicyclic amines) is 1. The minimum atomic E-state index is -0.321. The van der Waals surface area contributed by atoms with E-state index in [0.717, 1.165) is 56.8 Å². The molecule has 0 saturated carbocycles. The standard InChI is InChI=1S/C22H25NO3S/c1-27-20-8-6-19(7-9-20)21(24)18-4-2-17(3-5-18)16-23-12-10-22(11-13-23)25-14-15-26-22/h2-9H,10-16H2,1H3. The molecule has 2 aliphatic heterocycles. The van der Waals surface area contributed by atoms with Crippen LogP contribution in [-0.4, -0.2) is 49.0 Å². The molecule has 27 heavy (non-hydrogen) atoms. The van der Waals surface area contributed by atoms with Crippen molar-refractivity contribution in [2.24, 2.45) is 0 Å². The van der Waals surface area contributed by atoms with Crippen LogP contribution in [0, 0.1) is 0 Å². The lowest BCUT2D eigenvalue weighted by molar-refractivity contribution is -0.185. The molecule has 2 saturated heterocycles. The molecule has 4 rings (SSSR count). The zero-order valence-electron chi connectivity index (χ0n) is 15.6. The summed E-state index contributed by atoms with van der Waals surface area (Å²) in [5.74, 6) is -0.247. The van der Waals surface area contributed by atoms with Gasteiger partial charge in [-0.1, -0.05) is 24.3 Å². The van der Waals surface area contributed by atoms with Gasteiger partial charge in [0.1, 0.15) is 0 Å². The van der Waals surface area contributed by atoms with Crippen LogP contribution in [0.4, 0.5) is 0 Å². The van der Waals surface area contributed by atoms with Crippen LogP contribution in [0.15, 0.2) is 53.4 Å². The first kappa shape index (κ1) is 18.7. The SMILES string of the molecule is CSc1ccc(C(=O)c2ccc(CN3CCC4(CC3)OCCO4)cc2)cc1. The first-order chi connectivity index (χ1) is 13.2. The molecule has 0 atom stereocenters. The van der Waals surface area contributed by atoms with E-state index >= 15 is 0 Å². The molecule has 2 fully saturated rings. The molecule has 1 spiro atoms. The highest BCUT2D eigenvalue weighted by Crippen LogP contribution is 2.31. The molecular formula is C22H25NO3S. The van der Waals surface area contributed by atoms with E-state index in [-0.39, 0.29) is 11.6 Å². The molecule has 2 aliphatic rings. The van der Waals surface area contributed by atoms with Crippen LogP contribution < -0.4 is 0 Å². The lowest BCUT2D eigenvalue weighted by atomic mass is 10.0. The van der Waals surface area contributed by atoms with Gasteiger partial charge in [-0.05, 0) is 36.1 Å². The Kier molecular flexibility index (Phi) is 5.64. The fourth-order valence-electron chi connectivity index (χ4n) is 3.77. The molecule has 0 radical (unpaired) electrons. The number of benzene rings is 2. The lowest BCUT2D eigenvalue weighted by Gasteiger charge is -2.37. The number of piperidine rings is 1. The van der Waals surface area contributed by atoms with E-state index in [4.69, 9.17) is 9.47 Å². The van der Waals surface area contributed by atoms with E-state index in [0.29, 0.717) is 0 Å². The van der Waals surface area contributed by atoms with Gasteiger partial charge in [-0.3, -0.25) is 9.69 Å². The molecule has 142 valence electrons. The monoisotopic (exact) mass is 383 g/mol. The van der Waals surface area contributed by atoms with Crippen molar-refractivity contribution in [1.29, 1.82) is 0 Å². The average Bonchev–Trinajstić information content (AvgIpc) is 3.18. The molecule has 0 aliphatic carbocycles. The maximum absolute atomic E-state index is 12.6. The lowest BCUT2D eigenvalue weighted by Crippen LogP contribution is -2.44. The highest BCUT2D eigenvalue weighted by atomic mass is 32.2. The summed E-state index contributed by atoms with van der Waals surface area (Å²) in [6.45, 7) is 4.28. The Bertz CT molecular complexity index is 772. The van der Waals surface area contributed by atoms with Crippen LogP contribution in [-0.2, 0) is 16.0 Å². The Morgan fingerprint density at radius 3 is 2.07 bits per heavy atom. The number of ketones is 1. The van der Waals surface area contributed by atoms with Crippen molar-refractivity contribution in [3.63, 3.8) is 0 Å². The van der Waals surface area contributed by atoms with Gasteiger partial charge in [0.2, 0.25) is 0 Å². The third-order valence-corrected chi connectivity index (χ3v) is 6.15. The highest BCUT2D eigenvalue weighted by molar-refractivity contribution is 7.98. The van der Waals surface area contributed by atoms with Gasteiger partial charge in [0.25, 0.3) is 0 Å². The molecule has 2 heterocycles. The normalized spacial score (nSPS) is 19.4. The van der Waals surface area contributed by atoms with Gasteiger partial charge in [-0.25, -0.2) is 0 Å². The number of thioether (sulfide) groups is 1. The van der Waals surface area contributed by atoms with E-state index < -0.39 is 0 Å². The summed E-state index contributed by atoms with van der Waals surface area (Å²) in [7, 11) is 0. The molecule has 0 unspecified atom stereocenters. The summed E-state index contributed by atoms with van der Waals surface area (Å²) in [4.78, 5) is 16.2. The van der Waals surface area contributed by atoms with Gasteiger partial charge >= 0.3 is 0 Å². The Morgan fingerprint density at radius 2 is 1.52 bits per heavy atom. The van der Waals surface area contributed by atoms with E-state index in [1.54, 1.807) is 11.8 Å². The predicted molar refractivity (Wildman–Crippen MR) is 107 cm³/mol. The van der Waals surface area contributed by atoms with Crippen molar-refractivity contribution in [3.05, 3.63) is 65.2 Å². The van der Waals surface area contributed by atoms with Gasteiger partial charge < -0.3 is 9.47 Å². The second-order valence-electron chi connectivity index (χ2n) is 7.14. The minimum Gasteiger partial charge on any atom is -0.347 e. The van der Waals surface area contributed by atoms with E-state index in [9.17, 15) is 4.79 Å². The van der Waals surface area contributed by atoms with Crippen molar-refractivity contribution < 1.29 is 14.3 Å². The Hall–Kier alpha value is -1.66. The Morgan fingerprint density at radius 1 is 0.963 bits per heavy atom. The van der Waals surface area contributed by atoms with E-state index in [1.165, 1.54) is 10.5 Å². The Labute approximate surface area is 164 Å². The smallest absolute Gasteiger partial charge is 0.193 e. The fourth-order valence-corrected chi connectivity index (χ4v) is 4.17. The maximum atomic E-state index is 12.6. The van der Waals surface area contributed by atoms with Gasteiger partial charge in [0, 0.05) is 48.5 Å². The van der Waals surface area contributed by atoms with Crippen LogP contribution in [0.2, 0.25) is 0 Å². The summed E-state index contributed by atoms with van der Waals surface area (Å²) in [5.41, 5.74) is 2.70. The van der Waals surface area contributed by atoms with Crippen molar-refractivity contribution >= 4 is 17.5 Å². The number of carbonyl (C=O) groups is 1. The quantitative estimate of drug-likeness (QED) is 0.577. The fraction of sp³-hybridized carbons (Fsp3) is 0.409. The largest absolute Gasteiger partial charge is 0.347 e. The van der Waals surface area contributed by atoms with Gasteiger partial charge in [0.15, 0.2) is 11.6 Å². The van der Waals surface area contributed by atoms with Crippen LogP contribution in [0.1, 0.15) is 34.3 Å². The zero-order chi connectivity index (χ0) is 18.7. The third-order valence-electron chi connectivity index (χ3n) is 5.41. The summed E-state index contributed by atoms with van der Waals surface area (Å²) < 4.78 is 11.6. The summed E-state index contributed by atoms with van der Waals surface area (Å²) >= 11 is 1.68. The van der Waals surface area contributed by atoms with E-state index in [2.05, 4.69) is 17.0 Å². The molecule has 0 amide bonds. The minimum absolute atomic E-state index is 0.0737. The molecule has 5 heteroatoms. The maximum Gasteiger partial charge on any atom is 0.193 e.